The Morgan fingerprint density at radius 2 is 1.93 bits per heavy atom. The Balaban J connectivity index is 2.96. The summed E-state index contributed by atoms with van der Waals surface area (Å²) in [7, 11) is 0. The average Bonchev–Trinajstić information content (AvgIpc) is 2.14. The van der Waals surface area contributed by atoms with Crippen LogP contribution in [-0.2, 0) is 9.53 Å². The van der Waals surface area contributed by atoms with Gasteiger partial charge < -0.3 is 10.1 Å². The predicted molar refractivity (Wildman–Crippen MR) is 62.8 cm³/mol. The van der Waals surface area contributed by atoms with E-state index in [0.29, 0.717) is 6.61 Å². The molecule has 0 radical (unpaired) electrons. The molecule has 1 N–H and O–H groups in total. The highest BCUT2D eigenvalue weighted by Gasteiger charge is 1.94. The second kappa shape index (κ2) is 9.97. The molecule has 0 aromatic rings. The van der Waals surface area contributed by atoms with Crippen molar-refractivity contribution < 1.29 is 9.53 Å². The van der Waals surface area contributed by atoms with Crippen LogP contribution < -0.4 is 5.32 Å². The van der Waals surface area contributed by atoms with E-state index in [1.54, 1.807) is 0 Å². The van der Waals surface area contributed by atoms with Crippen molar-refractivity contribution in [1.29, 1.82) is 0 Å². The molecule has 0 atom stereocenters. The topological polar surface area (TPSA) is 38.3 Å². The molecule has 0 aliphatic heterocycles. The van der Waals surface area contributed by atoms with Gasteiger partial charge in [0.05, 0.1) is 6.61 Å². The zero-order valence-corrected chi connectivity index (χ0v) is 10.3. The number of ether oxygens (including phenoxy) is 1. The van der Waals surface area contributed by atoms with E-state index in [2.05, 4.69) is 19.2 Å². The Labute approximate surface area is 93.6 Å². The Kier molecular flexibility index (Phi) is 9.59. The van der Waals surface area contributed by atoms with Crippen LogP contribution in [0.25, 0.3) is 0 Å². The third-order valence-electron chi connectivity index (χ3n) is 2.20. The molecule has 0 aromatic carbocycles. The lowest BCUT2D eigenvalue weighted by Crippen LogP contribution is -2.18. The normalized spacial score (nSPS) is 10.7. The zero-order valence-electron chi connectivity index (χ0n) is 10.3. The number of rotatable bonds is 9. The fraction of sp³-hybridized carbons (Fsp3) is 0.917. The summed E-state index contributed by atoms with van der Waals surface area (Å²) in [6, 6.07) is 0. The summed E-state index contributed by atoms with van der Waals surface area (Å²) in [5, 5.41) is 3.41. The SMILES string of the molecule is CC(=O)OCCCCCNCCC(C)C. The van der Waals surface area contributed by atoms with Crippen molar-refractivity contribution in [2.24, 2.45) is 5.92 Å². The molecular weight excluding hydrogens is 190 g/mol. The van der Waals surface area contributed by atoms with Gasteiger partial charge in [-0.1, -0.05) is 13.8 Å². The lowest BCUT2D eigenvalue weighted by atomic mass is 10.1. The van der Waals surface area contributed by atoms with Crippen LogP contribution in [-0.4, -0.2) is 25.7 Å². The van der Waals surface area contributed by atoms with E-state index in [9.17, 15) is 4.79 Å². The van der Waals surface area contributed by atoms with E-state index in [4.69, 9.17) is 4.74 Å². The molecule has 90 valence electrons. The molecular formula is C12H25NO2. The van der Waals surface area contributed by atoms with Crippen molar-refractivity contribution in [1.82, 2.24) is 5.32 Å². The van der Waals surface area contributed by atoms with E-state index >= 15 is 0 Å². The molecule has 3 heteroatoms. The number of unbranched alkanes of at least 4 members (excludes halogenated alkanes) is 2. The van der Waals surface area contributed by atoms with E-state index < -0.39 is 0 Å². The maximum Gasteiger partial charge on any atom is 0.302 e. The van der Waals surface area contributed by atoms with Crippen LogP contribution in [0.15, 0.2) is 0 Å². The van der Waals surface area contributed by atoms with Crippen molar-refractivity contribution in [2.75, 3.05) is 19.7 Å². The largest absolute Gasteiger partial charge is 0.466 e. The standard InChI is InChI=1S/C12H25NO2/c1-11(2)7-9-13-8-5-4-6-10-15-12(3)14/h11,13H,4-10H2,1-3H3. The number of nitrogens with one attached hydrogen (secondary N) is 1. The van der Waals surface area contributed by atoms with Gasteiger partial charge in [0, 0.05) is 6.92 Å². The molecule has 0 aliphatic carbocycles. The molecule has 0 spiro atoms. The minimum atomic E-state index is -0.176. The lowest BCUT2D eigenvalue weighted by Gasteiger charge is -2.06. The van der Waals surface area contributed by atoms with Crippen molar-refractivity contribution in [3.05, 3.63) is 0 Å². The highest BCUT2D eigenvalue weighted by Crippen LogP contribution is 1.98. The van der Waals surface area contributed by atoms with Crippen LogP contribution in [0, 0.1) is 5.92 Å². The Morgan fingerprint density at radius 1 is 1.20 bits per heavy atom. The van der Waals surface area contributed by atoms with E-state index in [0.717, 1.165) is 31.8 Å². The van der Waals surface area contributed by atoms with Crippen molar-refractivity contribution in [3.63, 3.8) is 0 Å². The van der Waals surface area contributed by atoms with Gasteiger partial charge in [-0.05, 0) is 44.7 Å². The van der Waals surface area contributed by atoms with Gasteiger partial charge in [0.2, 0.25) is 0 Å². The molecule has 0 saturated heterocycles. The molecule has 0 fully saturated rings. The van der Waals surface area contributed by atoms with Crippen molar-refractivity contribution >= 4 is 5.97 Å². The van der Waals surface area contributed by atoms with E-state index in [-0.39, 0.29) is 5.97 Å². The molecule has 0 aromatic heterocycles. The number of carbonyl (C=O) groups is 1. The highest BCUT2D eigenvalue weighted by molar-refractivity contribution is 5.65. The summed E-state index contributed by atoms with van der Waals surface area (Å²) in [6.07, 6.45) is 4.51. The summed E-state index contributed by atoms with van der Waals surface area (Å²) in [5.74, 6) is 0.603. The first-order valence-electron chi connectivity index (χ1n) is 5.97. The van der Waals surface area contributed by atoms with Gasteiger partial charge in [-0.25, -0.2) is 0 Å². The van der Waals surface area contributed by atoms with Crippen LogP contribution in [0.1, 0.15) is 46.5 Å². The fourth-order valence-electron chi connectivity index (χ4n) is 1.26. The van der Waals surface area contributed by atoms with Gasteiger partial charge in [-0.2, -0.15) is 0 Å². The molecule has 0 amide bonds. The van der Waals surface area contributed by atoms with Gasteiger partial charge in [0.15, 0.2) is 0 Å². The monoisotopic (exact) mass is 215 g/mol. The van der Waals surface area contributed by atoms with Crippen molar-refractivity contribution in [3.8, 4) is 0 Å². The van der Waals surface area contributed by atoms with Crippen LogP contribution in [0.5, 0.6) is 0 Å². The number of esters is 1. The molecule has 3 nitrogen and oxygen atoms in total. The van der Waals surface area contributed by atoms with Crippen LogP contribution in [0.4, 0.5) is 0 Å². The zero-order chi connectivity index (χ0) is 11.5. The molecule has 0 unspecified atom stereocenters. The smallest absolute Gasteiger partial charge is 0.302 e. The summed E-state index contributed by atoms with van der Waals surface area (Å²) < 4.78 is 4.84. The van der Waals surface area contributed by atoms with E-state index in [1.807, 2.05) is 0 Å². The summed E-state index contributed by atoms with van der Waals surface area (Å²) in [6.45, 7) is 8.69. The molecule has 0 aliphatic rings. The highest BCUT2D eigenvalue weighted by atomic mass is 16.5. The lowest BCUT2D eigenvalue weighted by molar-refractivity contribution is -0.141. The second-order valence-electron chi connectivity index (χ2n) is 4.33. The maximum atomic E-state index is 10.4. The quantitative estimate of drug-likeness (QED) is 0.474. The summed E-state index contributed by atoms with van der Waals surface area (Å²) >= 11 is 0. The first kappa shape index (κ1) is 14.4. The molecule has 0 bridgehead atoms. The average molecular weight is 215 g/mol. The first-order valence-corrected chi connectivity index (χ1v) is 5.97. The van der Waals surface area contributed by atoms with Crippen LogP contribution >= 0.6 is 0 Å². The fourth-order valence-corrected chi connectivity index (χ4v) is 1.26. The third kappa shape index (κ3) is 13.4. The maximum absolute atomic E-state index is 10.4. The Bertz CT molecular complexity index is 158. The Morgan fingerprint density at radius 3 is 2.53 bits per heavy atom. The second-order valence-corrected chi connectivity index (χ2v) is 4.33. The molecule has 0 heterocycles. The predicted octanol–water partition coefficient (Wildman–Crippen LogP) is 2.36. The van der Waals surface area contributed by atoms with Gasteiger partial charge >= 0.3 is 5.97 Å². The minimum absolute atomic E-state index is 0.176. The third-order valence-corrected chi connectivity index (χ3v) is 2.20. The van der Waals surface area contributed by atoms with Gasteiger partial charge in [0.1, 0.15) is 0 Å². The first-order chi connectivity index (χ1) is 7.13. The molecule has 0 saturated carbocycles. The summed E-state index contributed by atoms with van der Waals surface area (Å²) in [4.78, 5) is 10.4. The van der Waals surface area contributed by atoms with Gasteiger partial charge in [0.25, 0.3) is 0 Å². The van der Waals surface area contributed by atoms with Crippen molar-refractivity contribution in [2.45, 2.75) is 46.5 Å². The van der Waals surface area contributed by atoms with Gasteiger partial charge in [-0.15, -0.1) is 0 Å². The number of hydrogen-bond acceptors (Lipinski definition) is 3. The van der Waals surface area contributed by atoms with Crippen LogP contribution in [0.3, 0.4) is 0 Å². The molecule has 0 rings (SSSR count). The van der Waals surface area contributed by atoms with E-state index in [1.165, 1.54) is 19.8 Å². The van der Waals surface area contributed by atoms with Gasteiger partial charge in [-0.3, -0.25) is 4.79 Å². The molecule has 15 heavy (non-hydrogen) atoms. The number of hydrogen-bond donors (Lipinski definition) is 1. The number of carbonyl (C=O) groups excluding carboxylic acids is 1. The Hall–Kier alpha value is -0.570. The summed E-state index contributed by atoms with van der Waals surface area (Å²) in [5.41, 5.74) is 0. The minimum Gasteiger partial charge on any atom is -0.466 e. The van der Waals surface area contributed by atoms with Crippen LogP contribution in [0.2, 0.25) is 0 Å².